The number of nitrogens with zero attached hydrogens (tertiary/aromatic N) is 2. The third-order valence-electron chi connectivity index (χ3n) is 3.73. The van der Waals surface area contributed by atoms with Gasteiger partial charge in [-0.25, -0.2) is 9.37 Å². The van der Waals surface area contributed by atoms with E-state index in [2.05, 4.69) is 26.2 Å². The average molecular weight is 406 g/mol. The Hall–Kier alpha value is -2.74. The molecule has 0 bridgehead atoms. The van der Waals surface area contributed by atoms with Crippen molar-refractivity contribution in [3.05, 3.63) is 68.6 Å². The summed E-state index contributed by atoms with van der Waals surface area (Å²) in [6.45, 7) is 0.288. The normalized spacial score (nSPS) is 10.7. The highest BCUT2D eigenvalue weighted by molar-refractivity contribution is 9.10. The minimum absolute atomic E-state index is 0.0806. The molecule has 1 N–H and O–H groups in total. The number of aromatic nitrogens is 1. The molecular formula is C17H13BrFN3O3. The number of anilines is 1. The van der Waals surface area contributed by atoms with Gasteiger partial charge in [0.1, 0.15) is 23.5 Å². The minimum Gasteiger partial charge on any atom is -0.497 e. The highest BCUT2D eigenvalue weighted by atomic mass is 79.9. The fourth-order valence-electron chi connectivity index (χ4n) is 2.46. The second-order valence-electron chi connectivity index (χ2n) is 5.23. The Morgan fingerprint density at radius 1 is 1.28 bits per heavy atom. The highest BCUT2D eigenvalue weighted by Crippen LogP contribution is 2.36. The van der Waals surface area contributed by atoms with Crippen LogP contribution in [0, 0.1) is 15.9 Å². The smallest absolute Gasteiger partial charge is 0.311 e. The van der Waals surface area contributed by atoms with E-state index in [-0.39, 0.29) is 27.8 Å². The fraction of sp³-hybridized carbons (Fsp3) is 0.118. The molecule has 0 amide bonds. The molecule has 25 heavy (non-hydrogen) atoms. The molecule has 3 rings (SSSR count). The van der Waals surface area contributed by atoms with Crippen molar-refractivity contribution in [1.82, 2.24) is 4.98 Å². The molecule has 6 nitrogen and oxygen atoms in total. The van der Waals surface area contributed by atoms with Crippen LogP contribution in [0.1, 0.15) is 5.56 Å². The minimum atomic E-state index is -0.592. The molecular weight excluding hydrogens is 393 g/mol. The zero-order valence-electron chi connectivity index (χ0n) is 13.1. The number of nitro groups is 1. The Bertz CT molecular complexity index is 948. The van der Waals surface area contributed by atoms with Gasteiger partial charge in [0.25, 0.3) is 0 Å². The lowest BCUT2D eigenvalue weighted by Crippen LogP contribution is -2.05. The molecule has 0 fully saturated rings. The molecule has 0 aliphatic rings. The van der Waals surface area contributed by atoms with E-state index in [1.54, 1.807) is 25.3 Å². The number of methoxy groups -OCH3 is 1. The average Bonchev–Trinajstić information content (AvgIpc) is 2.62. The van der Waals surface area contributed by atoms with Crippen molar-refractivity contribution in [3.63, 3.8) is 0 Å². The summed E-state index contributed by atoms with van der Waals surface area (Å²) in [6.07, 6.45) is 1.13. The maximum atomic E-state index is 14.6. The number of hydrogen-bond donors (Lipinski definition) is 1. The van der Waals surface area contributed by atoms with Gasteiger partial charge in [-0.15, -0.1) is 0 Å². The van der Waals surface area contributed by atoms with Gasteiger partial charge >= 0.3 is 5.69 Å². The summed E-state index contributed by atoms with van der Waals surface area (Å²) in [5.74, 6) is 0.116. The first-order valence-corrected chi connectivity index (χ1v) is 8.08. The first kappa shape index (κ1) is 17.1. The Kier molecular flexibility index (Phi) is 4.80. The van der Waals surface area contributed by atoms with Crippen molar-refractivity contribution < 1.29 is 14.1 Å². The maximum absolute atomic E-state index is 14.6. The van der Waals surface area contributed by atoms with E-state index in [9.17, 15) is 14.5 Å². The van der Waals surface area contributed by atoms with Crippen LogP contribution in [0.2, 0.25) is 0 Å². The van der Waals surface area contributed by atoms with Gasteiger partial charge in [-0.3, -0.25) is 10.1 Å². The molecule has 1 heterocycles. The van der Waals surface area contributed by atoms with Crippen molar-refractivity contribution in [2.75, 3.05) is 12.4 Å². The molecule has 3 aromatic rings. The van der Waals surface area contributed by atoms with Crippen molar-refractivity contribution in [3.8, 4) is 5.75 Å². The Labute approximate surface area is 150 Å². The number of halogens is 2. The standard InChI is InChI=1S/C17H13BrFN3O3/c1-25-11-4-2-10(3-5-11)8-21-17-14(22(23)24)9-20-13-7-6-12(18)16(19)15(13)17/h2-7,9H,8H2,1H3,(H,20,21). The molecule has 128 valence electrons. The van der Waals surface area contributed by atoms with E-state index in [1.165, 1.54) is 6.07 Å². The van der Waals surface area contributed by atoms with Crippen molar-refractivity contribution in [2.45, 2.75) is 6.54 Å². The van der Waals surface area contributed by atoms with Crippen LogP contribution in [0.5, 0.6) is 5.75 Å². The number of benzene rings is 2. The lowest BCUT2D eigenvalue weighted by atomic mass is 10.1. The fourth-order valence-corrected chi connectivity index (χ4v) is 2.79. The number of ether oxygens (including phenoxy) is 1. The predicted molar refractivity (Wildman–Crippen MR) is 96.4 cm³/mol. The van der Waals surface area contributed by atoms with Crippen LogP contribution >= 0.6 is 15.9 Å². The number of nitrogens with one attached hydrogen (secondary N) is 1. The summed E-state index contributed by atoms with van der Waals surface area (Å²) in [6, 6.07) is 10.3. The molecule has 0 unspecified atom stereocenters. The monoisotopic (exact) mass is 405 g/mol. The molecule has 8 heteroatoms. The van der Waals surface area contributed by atoms with Crippen molar-refractivity contribution in [2.24, 2.45) is 0 Å². The van der Waals surface area contributed by atoms with Gasteiger partial charge in [0.15, 0.2) is 0 Å². The Balaban J connectivity index is 2.04. The third kappa shape index (κ3) is 3.39. The van der Waals surface area contributed by atoms with Crippen LogP contribution in [0.15, 0.2) is 47.1 Å². The first-order valence-electron chi connectivity index (χ1n) is 7.29. The second-order valence-corrected chi connectivity index (χ2v) is 6.09. The number of hydrogen-bond acceptors (Lipinski definition) is 5. The lowest BCUT2D eigenvalue weighted by Gasteiger charge is -2.12. The largest absolute Gasteiger partial charge is 0.497 e. The zero-order chi connectivity index (χ0) is 18.0. The summed E-state index contributed by atoms with van der Waals surface area (Å²) >= 11 is 3.11. The third-order valence-corrected chi connectivity index (χ3v) is 4.34. The molecule has 0 aliphatic carbocycles. The first-order chi connectivity index (χ1) is 12.0. The van der Waals surface area contributed by atoms with Crippen LogP contribution in [-0.4, -0.2) is 17.0 Å². The van der Waals surface area contributed by atoms with Gasteiger partial charge < -0.3 is 10.1 Å². The van der Waals surface area contributed by atoms with E-state index < -0.39 is 10.7 Å². The topological polar surface area (TPSA) is 77.3 Å². The highest BCUT2D eigenvalue weighted by Gasteiger charge is 2.21. The Morgan fingerprint density at radius 3 is 2.64 bits per heavy atom. The van der Waals surface area contributed by atoms with Gasteiger partial charge in [-0.05, 0) is 45.8 Å². The summed E-state index contributed by atoms with van der Waals surface area (Å²) in [4.78, 5) is 14.7. The maximum Gasteiger partial charge on any atom is 0.311 e. The van der Waals surface area contributed by atoms with Crippen molar-refractivity contribution in [1.29, 1.82) is 0 Å². The molecule has 0 saturated carbocycles. The van der Waals surface area contributed by atoms with Gasteiger partial charge in [-0.2, -0.15) is 0 Å². The van der Waals surface area contributed by atoms with Gasteiger partial charge in [-0.1, -0.05) is 12.1 Å². The van der Waals surface area contributed by atoms with E-state index in [0.29, 0.717) is 11.3 Å². The molecule has 0 aliphatic heterocycles. The lowest BCUT2D eigenvalue weighted by molar-refractivity contribution is -0.384. The van der Waals surface area contributed by atoms with E-state index >= 15 is 0 Å². The summed E-state index contributed by atoms with van der Waals surface area (Å²) in [5.41, 5.74) is 1.03. The summed E-state index contributed by atoms with van der Waals surface area (Å²) < 4.78 is 19.9. The van der Waals surface area contributed by atoms with Gasteiger partial charge in [0.05, 0.1) is 27.4 Å². The zero-order valence-corrected chi connectivity index (χ0v) is 14.7. The SMILES string of the molecule is COc1ccc(CNc2c([N+](=O)[O-])cnc3ccc(Br)c(F)c23)cc1. The predicted octanol–water partition coefficient (Wildman–Crippen LogP) is 4.67. The number of fused-ring (bicyclic) bond motifs is 1. The number of pyridine rings is 1. The quantitative estimate of drug-likeness (QED) is 0.493. The van der Waals surface area contributed by atoms with Gasteiger partial charge in [0, 0.05) is 6.54 Å². The van der Waals surface area contributed by atoms with Crippen molar-refractivity contribution >= 4 is 38.2 Å². The molecule has 2 aromatic carbocycles. The van der Waals surface area contributed by atoms with E-state index in [4.69, 9.17) is 4.74 Å². The molecule has 0 spiro atoms. The van der Waals surface area contributed by atoms with Crippen LogP contribution in [0.3, 0.4) is 0 Å². The van der Waals surface area contributed by atoms with Crippen LogP contribution in [-0.2, 0) is 6.54 Å². The van der Waals surface area contributed by atoms with Crippen LogP contribution < -0.4 is 10.1 Å². The molecule has 1 aromatic heterocycles. The summed E-state index contributed by atoms with van der Waals surface area (Å²) in [5, 5.41) is 14.4. The second kappa shape index (κ2) is 7.02. The van der Waals surface area contributed by atoms with E-state index in [0.717, 1.165) is 11.8 Å². The summed E-state index contributed by atoms with van der Waals surface area (Å²) in [7, 11) is 1.57. The Morgan fingerprint density at radius 2 is 2.00 bits per heavy atom. The molecule has 0 saturated heterocycles. The molecule has 0 atom stereocenters. The van der Waals surface area contributed by atoms with E-state index in [1.807, 2.05) is 12.1 Å². The molecule has 0 radical (unpaired) electrons. The van der Waals surface area contributed by atoms with Gasteiger partial charge in [0.2, 0.25) is 0 Å². The van der Waals surface area contributed by atoms with Crippen LogP contribution in [0.25, 0.3) is 10.9 Å². The van der Waals surface area contributed by atoms with Crippen LogP contribution in [0.4, 0.5) is 15.8 Å². The number of rotatable bonds is 5.